The Bertz CT molecular complexity index is 2350. The van der Waals surface area contributed by atoms with Gasteiger partial charge in [-0.2, -0.15) is 13.9 Å². The van der Waals surface area contributed by atoms with Crippen LogP contribution in [0.2, 0.25) is 0 Å². The van der Waals surface area contributed by atoms with E-state index in [4.69, 9.17) is 4.42 Å². The molecule has 1 saturated carbocycles. The van der Waals surface area contributed by atoms with Gasteiger partial charge in [0.05, 0.1) is 17.2 Å². The molecule has 0 bridgehead atoms. The van der Waals surface area contributed by atoms with Crippen molar-refractivity contribution >= 4 is 15.7 Å². The van der Waals surface area contributed by atoms with E-state index in [1.807, 2.05) is 0 Å². The molecule has 7 rings (SSSR count). The van der Waals surface area contributed by atoms with Crippen LogP contribution in [0.5, 0.6) is 11.5 Å². The van der Waals surface area contributed by atoms with Crippen molar-refractivity contribution in [3.63, 3.8) is 0 Å². The molecule has 1 fully saturated rings. The van der Waals surface area contributed by atoms with Crippen LogP contribution in [0.15, 0.2) is 63.9 Å². The van der Waals surface area contributed by atoms with E-state index in [1.54, 1.807) is 0 Å². The van der Waals surface area contributed by atoms with Crippen molar-refractivity contribution in [1.82, 2.24) is 20.1 Å². The second-order valence-electron chi connectivity index (χ2n) is 12.2. The molecule has 0 unspecified atom stereocenters. The maximum atomic E-state index is 15.3. The summed E-state index contributed by atoms with van der Waals surface area (Å²) < 4.78 is 115. The Morgan fingerprint density at radius 2 is 1.73 bits per heavy atom. The Hall–Kier alpha value is -5.29. The smallest absolute Gasteiger partial charge is 0.440 e. The summed E-state index contributed by atoms with van der Waals surface area (Å²) in [5, 5.41) is 15.9. The molecule has 2 aliphatic rings. The van der Waals surface area contributed by atoms with Crippen LogP contribution in [-0.2, 0) is 34.2 Å². The molecular formula is C34H27F5N4O7S. The van der Waals surface area contributed by atoms with Crippen LogP contribution in [0, 0.1) is 12.7 Å². The monoisotopic (exact) mass is 730 g/mol. The molecule has 2 N–H and O–H groups in total. The summed E-state index contributed by atoms with van der Waals surface area (Å²) in [7, 11) is -2.63. The van der Waals surface area contributed by atoms with Crippen molar-refractivity contribution in [3.8, 4) is 56.5 Å². The van der Waals surface area contributed by atoms with Crippen molar-refractivity contribution in [2.45, 2.75) is 49.5 Å². The first-order valence-corrected chi connectivity index (χ1v) is 17.2. The third-order valence-corrected chi connectivity index (χ3v) is 9.56. The van der Waals surface area contributed by atoms with Gasteiger partial charge in [-0.1, -0.05) is 12.1 Å². The normalized spacial score (nSPS) is 15.3. The number of rotatable bonds is 9. The predicted molar refractivity (Wildman–Crippen MR) is 170 cm³/mol. The minimum atomic E-state index is -4.01. The van der Waals surface area contributed by atoms with Crippen molar-refractivity contribution in [2.24, 2.45) is 7.05 Å². The molecule has 11 nitrogen and oxygen atoms in total. The summed E-state index contributed by atoms with van der Waals surface area (Å²) in [6, 6.07) is 11.3. The van der Waals surface area contributed by atoms with Gasteiger partial charge in [0, 0.05) is 48.5 Å². The van der Waals surface area contributed by atoms with Gasteiger partial charge in [0.15, 0.2) is 33.0 Å². The molecule has 0 radical (unpaired) electrons. The third-order valence-electron chi connectivity index (χ3n) is 8.39. The van der Waals surface area contributed by atoms with Crippen LogP contribution in [0.1, 0.15) is 30.0 Å². The van der Waals surface area contributed by atoms with Crippen LogP contribution < -0.4 is 14.8 Å². The third kappa shape index (κ3) is 6.31. The number of aromatic nitrogens is 3. The lowest BCUT2D eigenvalue weighted by Gasteiger charge is -2.14. The summed E-state index contributed by atoms with van der Waals surface area (Å²) in [6.07, 6.45) is -1.85. The minimum absolute atomic E-state index is 0.0201. The number of hydrogen-bond donors (Lipinski definition) is 2. The Labute approximate surface area is 286 Å². The predicted octanol–water partition coefficient (Wildman–Crippen LogP) is 6.11. The first-order valence-electron chi connectivity index (χ1n) is 15.3. The van der Waals surface area contributed by atoms with E-state index in [-0.39, 0.29) is 68.4 Å². The molecule has 3 heterocycles. The highest BCUT2D eigenvalue weighted by Crippen LogP contribution is 2.46. The number of nitrogens with zero attached hydrogens (tertiary/aromatic N) is 3. The zero-order valence-electron chi connectivity index (χ0n) is 26.9. The molecule has 266 valence electrons. The van der Waals surface area contributed by atoms with Crippen molar-refractivity contribution in [3.05, 3.63) is 77.6 Å². The molecule has 0 atom stereocenters. The van der Waals surface area contributed by atoms with Crippen LogP contribution in [0.4, 0.5) is 22.0 Å². The van der Waals surface area contributed by atoms with E-state index in [9.17, 15) is 27.1 Å². The molecule has 1 aliphatic heterocycles. The van der Waals surface area contributed by atoms with Crippen LogP contribution in [0.3, 0.4) is 0 Å². The Balaban J connectivity index is 1.42. The molecular weight excluding hydrogens is 703 g/mol. The van der Waals surface area contributed by atoms with Gasteiger partial charge in [-0.05, 0) is 66.4 Å². The number of fused-ring (bicyclic) bond motifs is 1. The summed E-state index contributed by atoms with van der Waals surface area (Å²) >= 11 is 0. The lowest BCUT2D eigenvalue weighted by atomic mass is 9.93. The molecule has 0 saturated heterocycles. The van der Waals surface area contributed by atoms with E-state index >= 15 is 13.2 Å². The van der Waals surface area contributed by atoms with Gasteiger partial charge < -0.3 is 24.3 Å². The number of nitrogens with one attached hydrogen (secondary N) is 1. The molecule has 2 aromatic heterocycles. The maximum Gasteiger partial charge on any atom is 0.586 e. The summed E-state index contributed by atoms with van der Waals surface area (Å²) in [4.78, 5) is 16.5. The van der Waals surface area contributed by atoms with Crippen LogP contribution in [-0.4, -0.2) is 52.8 Å². The number of carbonyl (C=O) groups is 1. The van der Waals surface area contributed by atoms with Gasteiger partial charge in [-0.15, -0.1) is 8.78 Å². The molecule has 51 heavy (non-hydrogen) atoms. The number of oxazole rings is 1. The van der Waals surface area contributed by atoms with Crippen molar-refractivity contribution in [1.29, 1.82) is 0 Å². The van der Waals surface area contributed by atoms with Gasteiger partial charge in [0.2, 0.25) is 0 Å². The Morgan fingerprint density at radius 1 is 1.02 bits per heavy atom. The number of aliphatic hydroxyl groups is 1. The van der Waals surface area contributed by atoms with Gasteiger partial charge in [-0.25, -0.2) is 17.8 Å². The highest BCUT2D eigenvalue weighted by Gasteiger charge is 2.46. The number of alkyl halides is 4. The molecule has 1 aliphatic carbocycles. The number of hydrogen-bond acceptors (Lipinski definition) is 9. The number of sulfone groups is 1. The fourth-order valence-electron chi connectivity index (χ4n) is 5.79. The largest absolute Gasteiger partial charge is 0.586 e. The van der Waals surface area contributed by atoms with Gasteiger partial charge in [0.25, 0.3) is 5.91 Å². The number of aryl methyl sites for hydroxylation is 2. The lowest BCUT2D eigenvalue weighted by Crippen LogP contribution is -2.39. The number of halogens is 5. The highest BCUT2D eigenvalue weighted by molar-refractivity contribution is 7.90. The Kier molecular flexibility index (Phi) is 7.98. The maximum absolute atomic E-state index is 15.3. The van der Waals surface area contributed by atoms with Gasteiger partial charge >= 0.3 is 12.2 Å². The van der Waals surface area contributed by atoms with Crippen molar-refractivity contribution in [2.75, 3.05) is 6.26 Å². The average Bonchev–Trinajstić information content (AvgIpc) is 3.51. The number of carbonyl (C=O) groups excluding carboxylic acids is 1. The fourth-order valence-corrected chi connectivity index (χ4v) is 6.74. The second kappa shape index (κ2) is 11.9. The topological polar surface area (TPSA) is 146 Å². The molecule has 3 aromatic carbocycles. The second-order valence-corrected chi connectivity index (χ2v) is 14.2. The molecule has 0 spiro atoms. The number of amides is 1. The molecule has 17 heteroatoms. The van der Waals surface area contributed by atoms with Gasteiger partial charge in [0.1, 0.15) is 17.2 Å². The van der Waals surface area contributed by atoms with E-state index in [1.165, 1.54) is 56.4 Å². The van der Waals surface area contributed by atoms with Crippen LogP contribution >= 0.6 is 0 Å². The lowest BCUT2D eigenvalue weighted by molar-refractivity contribution is -0.286. The highest BCUT2D eigenvalue weighted by atomic mass is 32.2. The SMILES string of the molecule is Cc1nc(-c2ccc3c(c2)OC(F)(F)O3)c(-c2cc(-c3cc(F)c(CO)c(S(C)(=O)=O)c3)ccc2-c2cc(C(F)(F)C(=O)NC3CC3)nn2C)o1. The average molecular weight is 731 g/mol. The zero-order valence-corrected chi connectivity index (χ0v) is 27.7. The fraction of sp³-hybridized carbons (Fsp3) is 0.265. The standard InChI is InChI=1S/C34H27F5N4O7S/c1-16-40-30(18-5-9-26-27(12-18)50-34(38,39)49-26)31(48-16)22-10-17(19-11-24(35)23(15-44)28(13-19)51(3,46)47)4-8-21(22)25-14-29(42-43(25)2)33(36,37)32(45)41-20-6-7-20/h4-5,8-14,20,44H,6-7,15H2,1-3H3,(H,41,45). The number of ether oxygens (including phenoxy) is 2. The van der Waals surface area contributed by atoms with Crippen LogP contribution in [0.25, 0.3) is 45.0 Å². The minimum Gasteiger partial charge on any atom is -0.440 e. The van der Waals surface area contributed by atoms with E-state index < -0.39 is 56.5 Å². The van der Waals surface area contributed by atoms with E-state index in [2.05, 4.69) is 24.9 Å². The van der Waals surface area contributed by atoms with E-state index in [0.717, 1.165) is 23.1 Å². The van der Waals surface area contributed by atoms with Gasteiger partial charge in [-0.3, -0.25) is 9.48 Å². The number of aliphatic hydroxyl groups excluding tert-OH is 1. The molecule has 1 amide bonds. The van der Waals surface area contributed by atoms with Crippen molar-refractivity contribution < 1.29 is 54.2 Å². The quantitative estimate of drug-likeness (QED) is 0.172. The first-order chi connectivity index (χ1) is 23.9. The summed E-state index contributed by atoms with van der Waals surface area (Å²) in [5.41, 5.74) is -0.106. The first kappa shape index (κ1) is 34.2. The summed E-state index contributed by atoms with van der Waals surface area (Å²) in [5.74, 6) is -6.85. The Morgan fingerprint density at radius 3 is 2.41 bits per heavy atom. The summed E-state index contributed by atoms with van der Waals surface area (Å²) in [6.45, 7) is 0.632. The number of benzene rings is 3. The van der Waals surface area contributed by atoms with E-state index in [0.29, 0.717) is 12.8 Å². The molecule has 5 aromatic rings. The zero-order chi connectivity index (χ0) is 36.6.